The minimum atomic E-state index is -3.44. The van der Waals surface area contributed by atoms with Crippen LogP contribution in [0.25, 0.3) is 0 Å². The second-order valence-electron chi connectivity index (χ2n) is 6.26. The van der Waals surface area contributed by atoms with Gasteiger partial charge in [0.2, 0.25) is 15.9 Å². The molecule has 0 atom stereocenters. The van der Waals surface area contributed by atoms with E-state index < -0.39 is 10.0 Å². The monoisotopic (exact) mass is 354 g/mol. The zero-order valence-electron chi connectivity index (χ0n) is 15.5. The molecule has 0 spiro atoms. The first-order valence-electron chi connectivity index (χ1n) is 8.53. The molecule has 0 aliphatic rings. The molecule has 0 saturated carbocycles. The predicted molar refractivity (Wildman–Crippen MR) is 99.9 cm³/mol. The van der Waals surface area contributed by atoms with E-state index in [-0.39, 0.29) is 18.9 Å². The Balaban J connectivity index is 2.94. The van der Waals surface area contributed by atoms with Crippen molar-refractivity contribution in [3.05, 3.63) is 29.3 Å². The van der Waals surface area contributed by atoms with Crippen molar-refractivity contribution in [1.82, 2.24) is 4.90 Å². The van der Waals surface area contributed by atoms with Crippen molar-refractivity contribution in [2.75, 3.05) is 30.2 Å². The third-order valence-electron chi connectivity index (χ3n) is 3.89. The summed E-state index contributed by atoms with van der Waals surface area (Å²) in [5, 5.41) is 0. The van der Waals surface area contributed by atoms with Gasteiger partial charge in [-0.05, 0) is 38.3 Å². The van der Waals surface area contributed by atoms with Gasteiger partial charge in [-0.1, -0.05) is 31.5 Å². The molecular weight excluding hydrogens is 324 g/mol. The number of hydrogen-bond acceptors (Lipinski definition) is 3. The number of sulfonamides is 1. The van der Waals surface area contributed by atoms with Gasteiger partial charge in [-0.2, -0.15) is 0 Å². The number of nitrogens with zero attached hydrogens (tertiary/aromatic N) is 2. The summed E-state index contributed by atoms with van der Waals surface area (Å²) in [4.78, 5) is 14.3. The smallest absolute Gasteiger partial charge is 0.232 e. The lowest BCUT2D eigenvalue weighted by atomic mass is 10.1. The molecule has 5 nitrogen and oxygen atoms in total. The number of anilines is 1. The van der Waals surface area contributed by atoms with Crippen molar-refractivity contribution in [3.63, 3.8) is 0 Å². The van der Waals surface area contributed by atoms with Gasteiger partial charge in [-0.25, -0.2) is 8.42 Å². The van der Waals surface area contributed by atoms with E-state index in [9.17, 15) is 13.2 Å². The van der Waals surface area contributed by atoms with E-state index in [1.54, 1.807) is 0 Å². The van der Waals surface area contributed by atoms with Gasteiger partial charge in [0.25, 0.3) is 0 Å². The van der Waals surface area contributed by atoms with Gasteiger partial charge < -0.3 is 4.90 Å². The molecule has 136 valence electrons. The maximum atomic E-state index is 12.4. The second kappa shape index (κ2) is 9.06. The molecule has 1 aromatic carbocycles. The molecule has 0 aliphatic heterocycles. The van der Waals surface area contributed by atoms with Gasteiger partial charge in [0.1, 0.15) is 0 Å². The molecule has 6 heteroatoms. The number of benzene rings is 1. The summed E-state index contributed by atoms with van der Waals surface area (Å²) >= 11 is 0. The zero-order chi connectivity index (χ0) is 18.3. The Hall–Kier alpha value is -1.56. The topological polar surface area (TPSA) is 57.7 Å². The van der Waals surface area contributed by atoms with Crippen LogP contribution in [0.1, 0.15) is 44.2 Å². The maximum Gasteiger partial charge on any atom is 0.232 e. The summed E-state index contributed by atoms with van der Waals surface area (Å²) in [6.45, 7) is 9.54. The van der Waals surface area contributed by atoms with Crippen molar-refractivity contribution in [2.45, 2.75) is 47.0 Å². The fraction of sp³-hybridized carbons (Fsp3) is 0.611. The molecule has 0 unspecified atom stereocenters. The van der Waals surface area contributed by atoms with Crippen LogP contribution in [-0.2, 0) is 14.8 Å². The van der Waals surface area contributed by atoms with E-state index in [0.29, 0.717) is 5.69 Å². The molecule has 0 N–H and O–H groups in total. The molecule has 0 heterocycles. The molecule has 0 fully saturated rings. The van der Waals surface area contributed by atoms with Crippen LogP contribution in [0.15, 0.2) is 18.2 Å². The van der Waals surface area contributed by atoms with Gasteiger partial charge in [0, 0.05) is 26.1 Å². The minimum Gasteiger partial charge on any atom is -0.343 e. The van der Waals surface area contributed by atoms with Crippen molar-refractivity contribution in [2.24, 2.45) is 0 Å². The number of rotatable bonds is 9. The van der Waals surface area contributed by atoms with Gasteiger partial charge in [0.05, 0.1) is 11.9 Å². The Bertz CT molecular complexity index is 650. The Labute approximate surface area is 146 Å². The highest BCUT2D eigenvalue weighted by atomic mass is 32.2. The molecule has 1 rings (SSSR count). The lowest BCUT2D eigenvalue weighted by molar-refractivity contribution is -0.131. The lowest BCUT2D eigenvalue weighted by Gasteiger charge is -2.26. The van der Waals surface area contributed by atoms with Crippen LogP contribution in [0.4, 0.5) is 5.69 Å². The first kappa shape index (κ1) is 20.5. The first-order valence-corrected chi connectivity index (χ1v) is 10.4. The molecule has 0 aliphatic carbocycles. The van der Waals surface area contributed by atoms with Crippen LogP contribution in [0, 0.1) is 13.8 Å². The van der Waals surface area contributed by atoms with Gasteiger partial charge in [0.15, 0.2) is 0 Å². The first-order chi connectivity index (χ1) is 11.2. The summed E-state index contributed by atoms with van der Waals surface area (Å²) in [6.07, 6.45) is 3.18. The molecule has 0 radical (unpaired) electrons. The number of aryl methyl sites for hydroxylation is 2. The van der Waals surface area contributed by atoms with E-state index in [1.165, 1.54) is 10.6 Å². The van der Waals surface area contributed by atoms with E-state index >= 15 is 0 Å². The summed E-state index contributed by atoms with van der Waals surface area (Å²) in [7, 11) is -3.44. The van der Waals surface area contributed by atoms with Gasteiger partial charge in [-0.15, -0.1) is 0 Å². The fourth-order valence-corrected chi connectivity index (χ4v) is 3.79. The van der Waals surface area contributed by atoms with Crippen LogP contribution in [0.5, 0.6) is 0 Å². The average Bonchev–Trinajstić information content (AvgIpc) is 2.47. The fourth-order valence-electron chi connectivity index (χ4n) is 2.81. The Morgan fingerprint density at radius 2 is 1.62 bits per heavy atom. The zero-order valence-corrected chi connectivity index (χ0v) is 16.3. The number of carbonyl (C=O) groups is 1. The SMILES string of the molecule is CCCN(CCC)C(=O)CCN(c1ccc(C)cc1C)S(C)(=O)=O. The second-order valence-corrected chi connectivity index (χ2v) is 8.16. The molecular formula is C18H30N2O3S. The molecule has 0 bridgehead atoms. The number of hydrogen-bond donors (Lipinski definition) is 0. The lowest BCUT2D eigenvalue weighted by Crippen LogP contribution is -2.37. The molecule has 1 aromatic rings. The Morgan fingerprint density at radius 3 is 2.08 bits per heavy atom. The van der Waals surface area contributed by atoms with Gasteiger partial charge >= 0.3 is 0 Å². The highest BCUT2D eigenvalue weighted by Crippen LogP contribution is 2.24. The van der Waals surface area contributed by atoms with E-state index in [1.807, 2.05) is 50.8 Å². The van der Waals surface area contributed by atoms with E-state index in [2.05, 4.69) is 0 Å². The van der Waals surface area contributed by atoms with Crippen molar-refractivity contribution in [1.29, 1.82) is 0 Å². The highest BCUT2D eigenvalue weighted by Gasteiger charge is 2.21. The van der Waals surface area contributed by atoms with Crippen LogP contribution >= 0.6 is 0 Å². The van der Waals surface area contributed by atoms with E-state index in [4.69, 9.17) is 0 Å². The number of amides is 1. The van der Waals surface area contributed by atoms with Crippen molar-refractivity contribution < 1.29 is 13.2 Å². The predicted octanol–water partition coefficient (Wildman–Crippen LogP) is 3.11. The van der Waals surface area contributed by atoms with E-state index in [0.717, 1.165) is 37.1 Å². The summed E-state index contributed by atoms with van der Waals surface area (Å²) in [6, 6.07) is 5.66. The molecule has 1 amide bonds. The third kappa shape index (κ3) is 5.82. The molecule has 0 aromatic heterocycles. The van der Waals surface area contributed by atoms with Crippen LogP contribution in [0.2, 0.25) is 0 Å². The van der Waals surface area contributed by atoms with Crippen LogP contribution in [0.3, 0.4) is 0 Å². The normalized spacial score (nSPS) is 11.4. The highest BCUT2D eigenvalue weighted by molar-refractivity contribution is 7.92. The Kier molecular flexibility index (Phi) is 7.73. The van der Waals surface area contributed by atoms with Gasteiger partial charge in [-0.3, -0.25) is 9.10 Å². The largest absolute Gasteiger partial charge is 0.343 e. The minimum absolute atomic E-state index is 0.0112. The summed E-state index contributed by atoms with van der Waals surface area (Å²) < 4.78 is 25.8. The summed E-state index contributed by atoms with van der Waals surface area (Å²) in [5.41, 5.74) is 2.62. The van der Waals surface area contributed by atoms with Crippen molar-refractivity contribution >= 4 is 21.6 Å². The van der Waals surface area contributed by atoms with Crippen molar-refractivity contribution in [3.8, 4) is 0 Å². The number of carbonyl (C=O) groups excluding carboxylic acids is 1. The quantitative estimate of drug-likeness (QED) is 0.685. The van der Waals surface area contributed by atoms with Crippen LogP contribution < -0.4 is 4.31 Å². The standard InChI is InChI=1S/C18H30N2O3S/c1-6-11-19(12-7-2)18(21)10-13-20(24(5,22)23)17-9-8-15(3)14-16(17)4/h8-9,14H,6-7,10-13H2,1-5H3. The Morgan fingerprint density at radius 1 is 1.04 bits per heavy atom. The van der Waals surface area contributed by atoms with Crippen LogP contribution in [-0.4, -0.2) is 45.1 Å². The summed E-state index contributed by atoms with van der Waals surface area (Å²) in [5.74, 6) is 0.0112. The average molecular weight is 355 g/mol. The molecule has 24 heavy (non-hydrogen) atoms. The molecule has 0 saturated heterocycles. The third-order valence-corrected chi connectivity index (χ3v) is 5.07. The maximum absolute atomic E-state index is 12.4.